The lowest BCUT2D eigenvalue weighted by Gasteiger charge is -2.50. The Labute approximate surface area is 394 Å². The molecule has 1 N–H and O–H groups in total. The highest BCUT2D eigenvalue weighted by Crippen LogP contribution is 2.44. The number of cyclic esters (lactones) is 1. The Morgan fingerprint density at radius 1 is 0.864 bits per heavy atom. The van der Waals surface area contributed by atoms with Crippen LogP contribution in [0.1, 0.15) is 122 Å². The number of likely N-dealkylation sites (N-methyl/N-ethyl adjacent to an activating group) is 1. The number of carbonyl (C=O) groups is 3. The molecule has 0 unspecified atom stereocenters. The summed E-state index contributed by atoms with van der Waals surface area (Å²) in [5.41, 5.74) is -3.24. The molecular formula is C48H85N3O15. The van der Waals surface area contributed by atoms with Crippen LogP contribution in [0, 0.1) is 23.7 Å². The maximum Gasteiger partial charge on any atom is 0.509 e. The van der Waals surface area contributed by atoms with Crippen molar-refractivity contribution in [3.63, 3.8) is 0 Å². The van der Waals surface area contributed by atoms with Gasteiger partial charge < -0.3 is 67.1 Å². The molecule has 18 heteroatoms. The molecule has 0 aromatic carbocycles. The Morgan fingerprint density at radius 2 is 1.50 bits per heavy atom. The maximum absolute atomic E-state index is 14.8. The minimum atomic E-state index is -1.45. The van der Waals surface area contributed by atoms with Crippen LogP contribution in [0.3, 0.4) is 0 Å². The van der Waals surface area contributed by atoms with E-state index in [2.05, 4.69) is 23.9 Å². The van der Waals surface area contributed by atoms with E-state index in [-0.39, 0.29) is 31.4 Å². The molecule has 66 heavy (non-hydrogen) atoms. The smallest absolute Gasteiger partial charge is 0.458 e. The lowest BCUT2D eigenvalue weighted by molar-refractivity contribution is -0.322. The number of rotatable bonds is 16. The number of fused-ring (bicyclic) bond motifs is 1. The van der Waals surface area contributed by atoms with Crippen molar-refractivity contribution in [3.05, 3.63) is 0 Å². The molecule has 4 heterocycles. The molecule has 4 saturated heterocycles. The number of oxime groups is 1. The molecule has 0 radical (unpaired) electrons. The standard InChI is InChI=1S/C48H85N3O15/c1-18-35-48(13)41(65-45(54)66-48)29(6)37(49-55)27(4)25-46(11,56-16)40(64-44-39(61-33(10)52)34(50(14)15)24-28(5)59-44)30(7)38(31(8)43(53)62-35)63-36-26-47(12,57-17)42(32(9)60-36)58-23-21-22-51(19-2)20-3/h27-32,34-36,38-42,44,55H,18-26H2,1-17H3/b49-37+/t27-,28-,29+,30+,31-,32+,34+,35-,36+,38+,39-,40-,41-,42+,44+,46-,47-,48-/m1/s1. The zero-order chi connectivity index (χ0) is 49.5. The Hall–Kier alpha value is -2.68. The van der Waals surface area contributed by atoms with E-state index >= 15 is 0 Å². The summed E-state index contributed by atoms with van der Waals surface area (Å²) in [5.74, 6) is -4.04. The molecule has 18 nitrogen and oxygen atoms in total. The molecule has 0 aliphatic carbocycles. The van der Waals surface area contributed by atoms with Crippen molar-refractivity contribution in [3.8, 4) is 0 Å². The van der Waals surface area contributed by atoms with Gasteiger partial charge in [-0.3, -0.25) is 9.59 Å². The van der Waals surface area contributed by atoms with Gasteiger partial charge in [-0.05, 0) is 94.4 Å². The van der Waals surface area contributed by atoms with Crippen molar-refractivity contribution in [2.24, 2.45) is 28.8 Å². The second-order valence-corrected chi connectivity index (χ2v) is 20.0. The Morgan fingerprint density at radius 3 is 2.06 bits per heavy atom. The van der Waals surface area contributed by atoms with E-state index in [0.717, 1.165) is 26.1 Å². The SMILES string of the molecule is CC[C@H]1OC(=O)[C@H](C)[C@@H](O[C@H]2C[C@@](C)(OC)[C@@H](OCCCN(CC)CC)[C@H](C)O2)[C@H](C)[C@@H](O[C@@H]2O[C@H](C)C[C@H](N(C)C)[C@H]2OC(C)=O)[C@](C)(OC)C[C@@H](C)/C(=N\O)[C@H](C)[C@H]2OC(=O)O[C@@]21C. The number of ether oxygens (including phenoxy) is 11. The van der Waals surface area contributed by atoms with E-state index in [1.807, 2.05) is 67.5 Å². The molecule has 0 aromatic heterocycles. The van der Waals surface area contributed by atoms with E-state index in [0.29, 0.717) is 18.7 Å². The van der Waals surface area contributed by atoms with E-state index < -0.39 is 114 Å². The molecule has 4 aliphatic rings. The lowest BCUT2D eigenvalue weighted by Crippen LogP contribution is -2.62. The molecular weight excluding hydrogens is 859 g/mol. The van der Waals surface area contributed by atoms with Crippen LogP contribution in [0.25, 0.3) is 0 Å². The summed E-state index contributed by atoms with van der Waals surface area (Å²) in [5, 5.41) is 14.5. The Balaban J connectivity index is 1.86. The van der Waals surface area contributed by atoms with Gasteiger partial charge in [-0.2, -0.15) is 0 Å². The van der Waals surface area contributed by atoms with E-state index in [9.17, 15) is 19.6 Å². The number of nitrogens with zero attached hydrogens (tertiary/aromatic N) is 3. The van der Waals surface area contributed by atoms with Gasteiger partial charge in [0.15, 0.2) is 30.4 Å². The summed E-state index contributed by atoms with van der Waals surface area (Å²) in [6, 6.07) is -0.271. The molecule has 0 bridgehead atoms. The summed E-state index contributed by atoms with van der Waals surface area (Å²) in [6.45, 7) is 27.5. The lowest BCUT2D eigenvalue weighted by atomic mass is 9.73. The van der Waals surface area contributed by atoms with Crippen molar-refractivity contribution < 1.29 is 71.7 Å². The van der Waals surface area contributed by atoms with Crippen LogP contribution in [0.2, 0.25) is 0 Å². The zero-order valence-corrected chi connectivity index (χ0v) is 43.0. The number of hydrogen-bond acceptors (Lipinski definition) is 18. The number of carbonyl (C=O) groups excluding carboxylic acids is 3. The third-order valence-electron chi connectivity index (χ3n) is 14.9. The molecule has 0 amide bonds. The maximum atomic E-state index is 14.8. The van der Waals surface area contributed by atoms with Crippen molar-refractivity contribution in [2.75, 3.05) is 54.6 Å². The minimum Gasteiger partial charge on any atom is -0.458 e. The zero-order valence-electron chi connectivity index (χ0n) is 43.0. The van der Waals surface area contributed by atoms with E-state index in [1.54, 1.807) is 35.0 Å². The van der Waals surface area contributed by atoms with Crippen LogP contribution in [-0.2, 0) is 61.7 Å². The Kier molecular flexibility index (Phi) is 20.1. The highest BCUT2D eigenvalue weighted by atomic mass is 16.8. The van der Waals surface area contributed by atoms with Gasteiger partial charge in [-0.25, -0.2) is 4.79 Å². The molecule has 0 spiro atoms. The normalized spacial score (nSPS) is 42.3. The van der Waals surface area contributed by atoms with Crippen molar-refractivity contribution in [1.29, 1.82) is 0 Å². The summed E-state index contributed by atoms with van der Waals surface area (Å²) in [4.78, 5) is 44.9. The fraction of sp³-hybridized carbons (Fsp3) is 0.917. The van der Waals surface area contributed by atoms with Crippen LogP contribution >= 0.6 is 0 Å². The fourth-order valence-electron chi connectivity index (χ4n) is 11.0. The molecule has 0 aromatic rings. The number of esters is 2. The van der Waals surface area contributed by atoms with Crippen molar-refractivity contribution in [1.82, 2.24) is 9.80 Å². The van der Waals surface area contributed by atoms with Crippen molar-refractivity contribution >= 4 is 23.8 Å². The van der Waals surface area contributed by atoms with Gasteiger partial charge in [0.1, 0.15) is 12.2 Å². The summed E-state index contributed by atoms with van der Waals surface area (Å²) in [7, 11) is 7.04. The predicted octanol–water partition coefficient (Wildman–Crippen LogP) is 6.21. The van der Waals surface area contributed by atoms with E-state index in [1.165, 1.54) is 6.92 Å². The van der Waals surface area contributed by atoms with Crippen molar-refractivity contribution in [2.45, 2.75) is 206 Å². The highest BCUT2D eigenvalue weighted by Gasteiger charge is 2.59. The van der Waals surface area contributed by atoms with Gasteiger partial charge in [0, 0.05) is 58.5 Å². The topological polar surface area (TPSA) is 192 Å². The van der Waals surface area contributed by atoms with Crippen LogP contribution in [0.15, 0.2) is 5.16 Å². The van der Waals surface area contributed by atoms with Gasteiger partial charge in [0.2, 0.25) is 0 Å². The first-order chi connectivity index (χ1) is 31.0. The highest BCUT2D eigenvalue weighted by molar-refractivity contribution is 5.89. The second kappa shape index (κ2) is 23.8. The average Bonchev–Trinajstić information content (AvgIpc) is 3.58. The summed E-state index contributed by atoms with van der Waals surface area (Å²) >= 11 is 0. The predicted molar refractivity (Wildman–Crippen MR) is 244 cm³/mol. The molecule has 4 rings (SSSR count). The first kappa shape index (κ1) is 55.9. The van der Waals surface area contributed by atoms with Gasteiger partial charge in [-0.15, -0.1) is 0 Å². The average molecular weight is 944 g/mol. The summed E-state index contributed by atoms with van der Waals surface area (Å²) < 4.78 is 70.7. The second-order valence-electron chi connectivity index (χ2n) is 20.0. The minimum absolute atomic E-state index is 0.201. The van der Waals surface area contributed by atoms with Crippen LogP contribution in [-0.4, -0.2) is 178 Å². The summed E-state index contributed by atoms with van der Waals surface area (Å²) in [6.07, 6.45) is -6.75. The van der Waals surface area contributed by atoms with Gasteiger partial charge in [0.25, 0.3) is 0 Å². The van der Waals surface area contributed by atoms with Crippen LogP contribution in [0.4, 0.5) is 4.79 Å². The van der Waals surface area contributed by atoms with Crippen LogP contribution in [0.5, 0.6) is 0 Å². The Bertz CT molecular complexity index is 1620. The number of methoxy groups -OCH3 is 2. The molecule has 4 aliphatic heterocycles. The first-order valence-corrected chi connectivity index (χ1v) is 24.2. The van der Waals surface area contributed by atoms with Crippen LogP contribution < -0.4 is 0 Å². The van der Waals surface area contributed by atoms with Gasteiger partial charge >= 0.3 is 18.1 Å². The van der Waals surface area contributed by atoms with Gasteiger partial charge in [0.05, 0.1) is 53.3 Å². The molecule has 382 valence electrons. The monoisotopic (exact) mass is 944 g/mol. The largest absolute Gasteiger partial charge is 0.509 e. The number of hydrogen-bond donors (Lipinski definition) is 1. The molecule has 0 saturated carbocycles. The fourth-order valence-corrected chi connectivity index (χ4v) is 11.0. The first-order valence-electron chi connectivity index (χ1n) is 24.2. The third-order valence-corrected chi connectivity index (χ3v) is 14.9. The van der Waals surface area contributed by atoms with Gasteiger partial charge in [-0.1, -0.05) is 46.7 Å². The molecule has 4 fully saturated rings. The molecule has 18 atom stereocenters. The quantitative estimate of drug-likeness (QED) is 0.0603. The van der Waals surface area contributed by atoms with E-state index in [4.69, 9.17) is 52.1 Å². The third kappa shape index (κ3) is 12.6.